The van der Waals surface area contributed by atoms with E-state index in [0.717, 1.165) is 0 Å². The van der Waals surface area contributed by atoms with Gasteiger partial charge in [0.2, 0.25) is 10.0 Å². The van der Waals surface area contributed by atoms with Gasteiger partial charge in [0.25, 0.3) is 0 Å². The Balaban J connectivity index is 3.13. The maximum absolute atomic E-state index is 12.3. The van der Waals surface area contributed by atoms with Gasteiger partial charge in [0.15, 0.2) is 0 Å². The molecule has 0 aliphatic rings. The second-order valence-corrected chi connectivity index (χ2v) is 6.73. The Kier molecular flexibility index (Phi) is 5.33. The third-order valence-corrected chi connectivity index (χ3v) is 5.81. The first kappa shape index (κ1) is 15.6. The Bertz CT molecular complexity index is 490. The smallest absolute Gasteiger partial charge is 0.242 e. The van der Waals surface area contributed by atoms with Crippen molar-refractivity contribution in [2.45, 2.75) is 37.1 Å². The summed E-state index contributed by atoms with van der Waals surface area (Å²) in [5.74, 6) is 0. The molecule has 1 rings (SSSR count). The van der Waals surface area contributed by atoms with Gasteiger partial charge in [-0.1, -0.05) is 26.0 Å². The summed E-state index contributed by atoms with van der Waals surface area (Å²) in [6.45, 7) is 4.14. The van der Waals surface area contributed by atoms with Crippen molar-refractivity contribution in [1.29, 1.82) is 0 Å². The van der Waals surface area contributed by atoms with Crippen LogP contribution < -0.4 is 10.5 Å². The summed E-state index contributed by atoms with van der Waals surface area (Å²) in [5.41, 5.74) is 5.14. The molecule has 1 aromatic rings. The SMILES string of the molecule is CCC(CC)(CN)NS(=O)(=O)c1ccccc1Br. The largest absolute Gasteiger partial charge is 0.329 e. The Morgan fingerprint density at radius 2 is 1.83 bits per heavy atom. The highest BCUT2D eigenvalue weighted by molar-refractivity contribution is 9.10. The van der Waals surface area contributed by atoms with Crippen LogP contribution in [0.3, 0.4) is 0 Å². The highest BCUT2D eigenvalue weighted by Crippen LogP contribution is 2.24. The third kappa shape index (κ3) is 3.32. The van der Waals surface area contributed by atoms with Gasteiger partial charge in [-0.15, -0.1) is 0 Å². The molecular formula is C12H19BrN2O2S. The molecule has 0 amide bonds. The van der Waals surface area contributed by atoms with E-state index in [1.807, 2.05) is 13.8 Å². The molecule has 0 spiro atoms. The zero-order valence-corrected chi connectivity index (χ0v) is 13.0. The molecule has 4 nitrogen and oxygen atoms in total. The maximum atomic E-state index is 12.3. The molecule has 0 heterocycles. The quantitative estimate of drug-likeness (QED) is 0.837. The zero-order chi connectivity index (χ0) is 13.8. The molecule has 0 aromatic heterocycles. The minimum atomic E-state index is -3.56. The predicted molar refractivity (Wildman–Crippen MR) is 76.8 cm³/mol. The van der Waals surface area contributed by atoms with E-state index in [2.05, 4.69) is 20.7 Å². The molecule has 0 radical (unpaired) electrons. The molecule has 0 bridgehead atoms. The second-order valence-electron chi connectivity index (χ2n) is 4.23. The molecule has 0 aliphatic carbocycles. The Labute approximate surface area is 117 Å². The van der Waals surface area contributed by atoms with Crippen LogP contribution >= 0.6 is 15.9 Å². The van der Waals surface area contributed by atoms with E-state index in [-0.39, 0.29) is 11.4 Å². The van der Waals surface area contributed by atoms with Gasteiger partial charge in [0.05, 0.1) is 4.90 Å². The van der Waals surface area contributed by atoms with Gasteiger partial charge in [-0.2, -0.15) is 0 Å². The van der Waals surface area contributed by atoms with Crippen molar-refractivity contribution in [3.63, 3.8) is 0 Å². The van der Waals surface area contributed by atoms with Crippen LogP contribution in [0.25, 0.3) is 0 Å². The number of sulfonamides is 1. The molecule has 0 unspecified atom stereocenters. The summed E-state index contributed by atoms with van der Waals surface area (Å²) in [7, 11) is -3.56. The van der Waals surface area contributed by atoms with E-state index >= 15 is 0 Å². The lowest BCUT2D eigenvalue weighted by molar-refractivity contribution is 0.363. The molecule has 1 aromatic carbocycles. The fraction of sp³-hybridized carbons (Fsp3) is 0.500. The molecule has 3 N–H and O–H groups in total. The fourth-order valence-electron chi connectivity index (χ4n) is 1.73. The summed E-state index contributed by atoms with van der Waals surface area (Å²) in [6.07, 6.45) is 1.31. The standard InChI is InChI=1S/C12H19BrN2O2S/c1-3-12(4-2,9-14)15-18(16,17)11-8-6-5-7-10(11)13/h5-8,15H,3-4,9,14H2,1-2H3. The number of nitrogens with two attached hydrogens (primary N) is 1. The van der Waals surface area contributed by atoms with Crippen molar-refractivity contribution < 1.29 is 8.42 Å². The van der Waals surface area contributed by atoms with Crippen LogP contribution in [0, 0.1) is 0 Å². The average molecular weight is 335 g/mol. The molecule has 0 aliphatic heterocycles. The van der Waals surface area contributed by atoms with Crippen molar-refractivity contribution in [3.05, 3.63) is 28.7 Å². The Morgan fingerprint density at radius 3 is 2.28 bits per heavy atom. The number of benzene rings is 1. The van der Waals surface area contributed by atoms with Crippen molar-refractivity contribution in [2.75, 3.05) is 6.54 Å². The van der Waals surface area contributed by atoms with Crippen LogP contribution in [0.15, 0.2) is 33.6 Å². The number of nitrogens with one attached hydrogen (secondary N) is 1. The summed E-state index contributed by atoms with van der Waals surface area (Å²) in [5, 5.41) is 0. The monoisotopic (exact) mass is 334 g/mol. The Morgan fingerprint density at radius 1 is 1.28 bits per heavy atom. The normalized spacial score (nSPS) is 12.7. The lowest BCUT2D eigenvalue weighted by Crippen LogP contribution is -2.52. The number of hydrogen-bond acceptors (Lipinski definition) is 3. The minimum absolute atomic E-state index is 0.240. The molecule has 0 atom stereocenters. The van der Waals surface area contributed by atoms with E-state index in [1.165, 1.54) is 0 Å². The lowest BCUT2D eigenvalue weighted by Gasteiger charge is -2.31. The van der Waals surface area contributed by atoms with Crippen LogP contribution in [0.2, 0.25) is 0 Å². The van der Waals surface area contributed by atoms with Crippen molar-refractivity contribution in [1.82, 2.24) is 4.72 Å². The van der Waals surface area contributed by atoms with Crippen LogP contribution in [0.4, 0.5) is 0 Å². The van der Waals surface area contributed by atoms with E-state index in [4.69, 9.17) is 5.73 Å². The first-order valence-electron chi connectivity index (χ1n) is 5.89. The molecule has 0 saturated heterocycles. The second kappa shape index (κ2) is 6.14. The van der Waals surface area contributed by atoms with Gasteiger partial charge in [-0.3, -0.25) is 0 Å². The molecule has 18 heavy (non-hydrogen) atoms. The van der Waals surface area contributed by atoms with E-state index in [1.54, 1.807) is 24.3 Å². The number of halogens is 1. The first-order valence-corrected chi connectivity index (χ1v) is 8.17. The molecule has 0 fully saturated rings. The molecule has 6 heteroatoms. The lowest BCUT2D eigenvalue weighted by atomic mass is 9.95. The molecule has 0 saturated carbocycles. The van der Waals surface area contributed by atoms with Crippen molar-refractivity contribution in [3.8, 4) is 0 Å². The van der Waals surface area contributed by atoms with Crippen molar-refractivity contribution >= 4 is 26.0 Å². The average Bonchev–Trinajstić information content (AvgIpc) is 2.36. The predicted octanol–water partition coefficient (Wildman–Crippen LogP) is 2.24. The molecular weight excluding hydrogens is 316 g/mol. The van der Waals surface area contributed by atoms with Gasteiger partial charge in [0, 0.05) is 16.6 Å². The van der Waals surface area contributed by atoms with Crippen LogP contribution in [0.5, 0.6) is 0 Å². The van der Waals surface area contributed by atoms with Crippen LogP contribution in [-0.2, 0) is 10.0 Å². The zero-order valence-electron chi connectivity index (χ0n) is 10.6. The van der Waals surface area contributed by atoms with E-state index in [9.17, 15) is 8.42 Å². The number of rotatable bonds is 6. The van der Waals surface area contributed by atoms with Crippen LogP contribution in [-0.4, -0.2) is 20.5 Å². The van der Waals surface area contributed by atoms with Crippen molar-refractivity contribution in [2.24, 2.45) is 5.73 Å². The van der Waals surface area contributed by atoms with Crippen LogP contribution in [0.1, 0.15) is 26.7 Å². The first-order chi connectivity index (χ1) is 8.40. The van der Waals surface area contributed by atoms with E-state index < -0.39 is 15.6 Å². The van der Waals surface area contributed by atoms with Gasteiger partial charge >= 0.3 is 0 Å². The van der Waals surface area contributed by atoms with Gasteiger partial charge < -0.3 is 5.73 Å². The van der Waals surface area contributed by atoms with Gasteiger partial charge in [0.1, 0.15) is 0 Å². The fourth-order valence-corrected chi connectivity index (χ4v) is 4.29. The third-order valence-electron chi connectivity index (χ3n) is 3.22. The summed E-state index contributed by atoms with van der Waals surface area (Å²) in [6, 6.07) is 6.75. The Hall–Kier alpha value is -0.430. The summed E-state index contributed by atoms with van der Waals surface area (Å²) in [4.78, 5) is 0.240. The number of hydrogen-bond donors (Lipinski definition) is 2. The van der Waals surface area contributed by atoms with Gasteiger partial charge in [-0.25, -0.2) is 13.1 Å². The highest BCUT2D eigenvalue weighted by Gasteiger charge is 2.31. The summed E-state index contributed by atoms with van der Waals surface area (Å²) < 4.78 is 28.0. The molecule has 102 valence electrons. The summed E-state index contributed by atoms with van der Waals surface area (Å²) >= 11 is 3.25. The maximum Gasteiger partial charge on any atom is 0.242 e. The highest BCUT2D eigenvalue weighted by atomic mass is 79.9. The topological polar surface area (TPSA) is 72.2 Å². The van der Waals surface area contributed by atoms with E-state index in [0.29, 0.717) is 17.3 Å². The minimum Gasteiger partial charge on any atom is -0.329 e. The van der Waals surface area contributed by atoms with Gasteiger partial charge in [-0.05, 0) is 40.9 Å².